The normalized spacial score (nSPS) is 28.5. The van der Waals surface area contributed by atoms with Crippen molar-refractivity contribution >= 4 is 149 Å². The fourth-order valence-electron chi connectivity index (χ4n) is 12.6. The van der Waals surface area contributed by atoms with Gasteiger partial charge in [-0.2, -0.15) is 6.42 Å². The first-order valence-corrected chi connectivity index (χ1v) is 46.8. The summed E-state index contributed by atoms with van der Waals surface area (Å²) in [7, 11) is -1.44. The molecule has 0 radical (unpaired) electrons. The Bertz CT molecular complexity index is 3110. The molecule has 90 heavy (non-hydrogen) atoms. The van der Waals surface area contributed by atoms with Gasteiger partial charge in [0, 0.05) is 34.1 Å². The van der Waals surface area contributed by atoms with E-state index < -0.39 is 54.6 Å². The van der Waals surface area contributed by atoms with Crippen molar-refractivity contribution in [3.05, 3.63) is 142 Å². The maximum atomic E-state index is 13.4. The quantitative estimate of drug-likeness (QED) is 0.0535. The summed E-state index contributed by atoms with van der Waals surface area (Å²) in [6.07, 6.45) is 7.89. The SMILES string of the molecule is CC1(C)OB(B2OC(C)(C)C(C)(C)O2)OC1(C)C.CC1(C)OB(c2ccc(C3(N4C(=O)c5ccccc5C4=O)CC(O)(C4CC4)C3)cc2)OC1(C)C.CCC(C)I.O=C1c2ccccc2C(=O)N1C1(c2ccc(Br)cc2)CC(O)(C2CC2)C1.[CH2-]CC.[I][V]([I])[I]. The Hall–Kier alpha value is -0.981. The van der Waals surface area contributed by atoms with Gasteiger partial charge in [-0.25, -0.2) is 0 Å². The van der Waals surface area contributed by atoms with E-state index in [1.54, 1.807) is 48.5 Å². The van der Waals surface area contributed by atoms with E-state index in [9.17, 15) is 29.4 Å². The van der Waals surface area contributed by atoms with Crippen LogP contribution in [-0.2, 0) is 43.9 Å². The predicted molar refractivity (Wildman–Crippen MR) is 391 cm³/mol. The standard InChI is InChI=1S/C27H30BNO5.C21H18BrNO3.C12H24B2O4.C4H9I.C3H7.3HI.V/c1-24(2)25(3,4)34-28(33-24)19-13-11-17(12-14-19)26(15-27(32,16-26)18-9-10-18)29-22(30)20-7-5-6-8-21(20)23(29)31;22-15-9-7-13(8-10-15)20(11-21(26,12-20)14-5-6-14)23-18(24)16-3-1-2-4-17(16)19(23)25;1-9(2)10(3,4)16-13(15-9)14-17-11(5,6)12(7,8)18-14;1-3-4(2)5;1-3-2;;;;/h5-8,11-14,18,32H,9-10,15-16H2,1-4H3;1-4,7-10,14,26H,5-6,11-12H2;1-8H3;4H,3H2,1-2H3;1,3H2,2H3;3*1H;/q;;;;-1;;;;+3/p-3. The van der Waals surface area contributed by atoms with Gasteiger partial charge in [-0.15, -0.1) is 0 Å². The molecule has 13 rings (SSSR count). The molecule has 1 unspecified atom stereocenters. The summed E-state index contributed by atoms with van der Waals surface area (Å²) < 4.78 is 38.0. The van der Waals surface area contributed by atoms with Crippen LogP contribution in [0.25, 0.3) is 0 Å². The van der Waals surface area contributed by atoms with Crippen molar-refractivity contribution in [1.82, 2.24) is 9.80 Å². The van der Waals surface area contributed by atoms with Crippen molar-refractivity contribution in [1.29, 1.82) is 0 Å². The summed E-state index contributed by atoms with van der Waals surface area (Å²) in [6, 6.07) is 29.5. The number of hydrogen-bond acceptors (Lipinski definition) is 12. The van der Waals surface area contributed by atoms with Crippen LogP contribution in [0.15, 0.2) is 102 Å². The van der Waals surface area contributed by atoms with Crippen LogP contribution in [-0.4, -0.2) is 114 Å². The number of fused-ring (bicyclic) bond motifs is 2. The van der Waals surface area contributed by atoms with Crippen LogP contribution in [0, 0.1) is 18.8 Å². The molecule has 23 heteroatoms. The number of alkyl halides is 1. The average Bonchev–Trinajstić information content (AvgIpc) is 1.38. The maximum absolute atomic E-state index is 13.4. The number of amides is 4. The Labute approximate surface area is 595 Å². The van der Waals surface area contributed by atoms with Gasteiger partial charge in [0.15, 0.2) is 0 Å². The summed E-state index contributed by atoms with van der Waals surface area (Å²) in [5.41, 5.74) is -1.14. The average molecular weight is 1780 g/mol. The Morgan fingerprint density at radius 2 is 0.767 bits per heavy atom. The van der Waals surface area contributed by atoms with Crippen LogP contribution < -0.4 is 5.46 Å². The summed E-state index contributed by atoms with van der Waals surface area (Å²) in [4.78, 5) is 55.6. The Kier molecular flexibility index (Phi) is 23.4. The molecule has 14 nitrogen and oxygen atoms in total. The van der Waals surface area contributed by atoms with Gasteiger partial charge >= 0.3 is 86.0 Å². The van der Waals surface area contributed by atoms with Crippen LogP contribution in [0.2, 0.25) is 0 Å². The minimum absolute atomic E-state index is 0.250. The van der Waals surface area contributed by atoms with E-state index >= 15 is 0 Å². The molecule has 7 fully saturated rings. The third kappa shape index (κ3) is 15.2. The van der Waals surface area contributed by atoms with Crippen molar-refractivity contribution in [2.45, 2.75) is 228 Å². The molecule has 0 spiro atoms. The Morgan fingerprint density at radius 1 is 0.522 bits per heavy atom. The molecular weight excluding hydrogens is 1700 g/mol. The zero-order valence-corrected chi connectivity index (χ0v) is 66.3. The van der Waals surface area contributed by atoms with E-state index in [2.05, 4.69) is 119 Å². The zero-order chi connectivity index (χ0) is 66.8. The van der Waals surface area contributed by atoms with E-state index in [1.165, 1.54) is 16.2 Å². The summed E-state index contributed by atoms with van der Waals surface area (Å²) in [5.74, 6) is -0.541. The van der Waals surface area contributed by atoms with Gasteiger partial charge in [-0.05, 0) is 180 Å². The first-order valence-electron chi connectivity index (χ1n) is 31.3. The summed E-state index contributed by atoms with van der Waals surface area (Å²) in [5, 5.41) is 22.2. The third-order valence-corrected chi connectivity index (χ3v) is 21.6. The van der Waals surface area contributed by atoms with Gasteiger partial charge in [0.2, 0.25) is 0 Å². The van der Waals surface area contributed by atoms with Crippen LogP contribution in [0.5, 0.6) is 0 Å². The number of benzene rings is 4. The summed E-state index contributed by atoms with van der Waals surface area (Å²) >= 11 is 13.2. The molecule has 4 aliphatic carbocycles. The van der Waals surface area contributed by atoms with Gasteiger partial charge in [-0.1, -0.05) is 120 Å². The third-order valence-electron chi connectivity index (χ3n) is 20.2. The molecule has 2 N–H and O–H groups in total. The van der Waals surface area contributed by atoms with Gasteiger partial charge in [0.25, 0.3) is 23.6 Å². The first-order chi connectivity index (χ1) is 41.7. The first kappa shape index (κ1) is 74.8. The van der Waals surface area contributed by atoms with Gasteiger partial charge in [0.1, 0.15) is 0 Å². The molecule has 0 bridgehead atoms. The molecule has 4 aromatic rings. The van der Waals surface area contributed by atoms with Crippen LogP contribution >= 0.6 is 98.5 Å². The number of carbonyl (C=O) groups is 4. The fourth-order valence-corrected chi connectivity index (χ4v) is 12.8. The zero-order valence-electron chi connectivity index (χ0n) is 54.7. The molecule has 9 aliphatic rings. The summed E-state index contributed by atoms with van der Waals surface area (Å²) in [6.45, 7) is 34.2. The van der Waals surface area contributed by atoms with E-state index in [-0.39, 0.29) is 56.9 Å². The molecular formula is C67H88B3BrI4N2O12V-. The van der Waals surface area contributed by atoms with Crippen LogP contribution in [0.3, 0.4) is 0 Å². The van der Waals surface area contributed by atoms with Gasteiger partial charge < -0.3 is 45.1 Å². The van der Waals surface area contributed by atoms with E-state index in [4.69, 9.17) is 27.9 Å². The van der Waals surface area contributed by atoms with Crippen molar-refractivity contribution < 1.29 is 62.2 Å². The van der Waals surface area contributed by atoms with E-state index in [0.29, 0.717) is 53.9 Å². The molecule has 4 amide bonds. The second-order valence-electron chi connectivity index (χ2n) is 28.4. The van der Waals surface area contributed by atoms with Crippen molar-refractivity contribution in [2.75, 3.05) is 0 Å². The molecule has 3 saturated heterocycles. The Balaban J connectivity index is 0.000000165. The van der Waals surface area contributed by atoms with Crippen molar-refractivity contribution in [2.24, 2.45) is 11.8 Å². The van der Waals surface area contributed by atoms with E-state index in [1.807, 2.05) is 139 Å². The van der Waals surface area contributed by atoms with Gasteiger partial charge in [-0.3, -0.25) is 29.0 Å². The molecule has 5 heterocycles. The molecule has 4 aromatic carbocycles. The number of halogens is 5. The van der Waals surface area contributed by atoms with Crippen LogP contribution in [0.4, 0.5) is 0 Å². The van der Waals surface area contributed by atoms with E-state index in [0.717, 1.165) is 57.1 Å². The number of imide groups is 2. The molecule has 5 aliphatic heterocycles. The van der Waals surface area contributed by atoms with Gasteiger partial charge in [0.05, 0.1) is 78.1 Å². The number of hydrogen-bond donors (Lipinski definition) is 2. The fraction of sp³-hybridized carbons (Fsp3) is 0.567. The predicted octanol–water partition coefficient (Wildman–Crippen LogP) is 15.6. The van der Waals surface area contributed by atoms with Crippen molar-refractivity contribution in [3.63, 3.8) is 0 Å². The molecule has 1 atom stereocenters. The minimum atomic E-state index is -0.862. The molecule has 488 valence electrons. The monoisotopic (exact) mass is 1780 g/mol. The topological polar surface area (TPSA) is 171 Å². The number of carbonyl (C=O) groups excluding carboxylic acids is 4. The molecule has 0 aromatic heterocycles. The Morgan fingerprint density at radius 3 is 1.01 bits per heavy atom. The molecule has 4 saturated carbocycles. The van der Waals surface area contributed by atoms with Crippen molar-refractivity contribution in [3.8, 4) is 0 Å². The second kappa shape index (κ2) is 28.1. The number of nitrogens with zero attached hydrogens (tertiary/aromatic N) is 2. The van der Waals surface area contributed by atoms with Crippen LogP contribution in [0.1, 0.15) is 221 Å². The second-order valence-corrected chi connectivity index (χ2v) is 66.8. The number of rotatable bonds is 9. The number of aliphatic hydroxyl groups is 2.